The Hall–Kier alpha value is -13.0. The van der Waals surface area contributed by atoms with Crippen molar-refractivity contribution in [1.29, 1.82) is 0 Å². The highest BCUT2D eigenvalue weighted by Gasteiger charge is 2.34. The summed E-state index contributed by atoms with van der Waals surface area (Å²) in [6.07, 6.45) is 0. The fourth-order valence-corrected chi connectivity index (χ4v) is 15.2. The predicted octanol–water partition coefficient (Wildman–Crippen LogP) is 25.1. The van der Waals surface area contributed by atoms with Crippen LogP contribution in [0, 0.1) is 6.57 Å². The lowest BCUT2D eigenvalue weighted by Crippen LogP contribution is -2.10. The molecule has 446 valence electrons. The largest absolute Gasteiger partial charge is 0.466 e. The van der Waals surface area contributed by atoms with Crippen molar-refractivity contribution in [1.82, 2.24) is 13.7 Å². The summed E-state index contributed by atoms with van der Waals surface area (Å²) in [6, 6.07) is 123. The summed E-state index contributed by atoms with van der Waals surface area (Å²) in [6.45, 7) is 10.0. The second-order valence-corrected chi connectivity index (χ2v) is 25.0. The number of aromatic nitrogens is 3. The fraction of sp³-hybridized carbons (Fsp3) is 0. The first-order valence-electron chi connectivity index (χ1n) is 32.7. The fourth-order valence-electron chi connectivity index (χ4n) is 15.2. The van der Waals surface area contributed by atoms with E-state index in [-0.39, 0.29) is 0 Å². The molecule has 5 nitrogen and oxygen atoms in total. The highest BCUT2D eigenvalue weighted by atomic mass is 16.3. The number of fused-ring (bicyclic) bond motifs is 12. The summed E-state index contributed by atoms with van der Waals surface area (Å²) < 4.78 is 15.1. The molecule has 0 amide bonds. The summed E-state index contributed by atoms with van der Waals surface area (Å²) in [5.74, 6) is 0. The molecule has 96 heavy (non-hydrogen) atoms. The van der Waals surface area contributed by atoms with Crippen LogP contribution in [0.5, 0.6) is 0 Å². The van der Waals surface area contributed by atoms with Gasteiger partial charge in [0.15, 0.2) is 0 Å². The Labute approximate surface area is 553 Å². The Morgan fingerprint density at radius 1 is 0.219 bits per heavy atom. The molecule has 4 aromatic heterocycles. The van der Waals surface area contributed by atoms with Crippen LogP contribution in [0.2, 0.25) is 0 Å². The third-order valence-electron chi connectivity index (χ3n) is 19.6. The van der Waals surface area contributed by atoms with Gasteiger partial charge in [-0.3, -0.25) is 0 Å². The topological polar surface area (TPSA) is 32.3 Å². The molecule has 15 aromatic carbocycles. The molecule has 0 fully saturated rings. The second kappa shape index (κ2) is 22.1. The van der Waals surface area contributed by atoms with E-state index in [1.165, 1.54) is 0 Å². The Bertz CT molecular complexity index is 6050. The van der Waals surface area contributed by atoms with Crippen LogP contribution in [-0.2, 0) is 0 Å². The SMILES string of the molecule is [C-]#[N+]c1c(-n2c3ccc(-c4ccccc4)cc3c3cc(-c4ccccc4)ccc32)c(-n2c3ccc(-c4ccccc4)cc3c3cc(-c4ccccc4)ccc32)c(-n2c3ccc(-c4ccccc4)cc3c3cc(-c4ccccc4)ccc32)c2c1oc1c(-c3ccccc3)cccc12. The van der Waals surface area contributed by atoms with Crippen molar-refractivity contribution >= 4 is 93.0 Å². The van der Waals surface area contributed by atoms with Crippen molar-refractivity contribution in [3.05, 3.63) is 351 Å². The van der Waals surface area contributed by atoms with Gasteiger partial charge in [-0.25, -0.2) is 4.85 Å². The van der Waals surface area contributed by atoms with E-state index in [9.17, 15) is 6.57 Å². The Kier molecular flexibility index (Phi) is 12.6. The Balaban J connectivity index is 1.06. The lowest BCUT2D eigenvalue weighted by atomic mass is 10.00. The Morgan fingerprint density at radius 2 is 0.490 bits per heavy atom. The molecule has 5 heteroatoms. The molecule has 0 saturated heterocycles. The molecule has 0 saturated carbocycles. The number of hydrogen-bond acceptors (Lipinski definition) is 1. The van der Waals surface area contributed by atoms with Crippen molar-refractivity contribution in [2.75, 3.05) is 0 Å². The van der Waals surface area contributed by atoms with Crippen LogP contribution in [-0.4, -0.2) is 13.7 Å². The molecule has 0 radical (unpaired) electrons. The minimum absolute atomic E-state index is 0.396. The average Bonchev–Trinajstić information content (AvgIpc) is 1.50. The van der Waals surface area contributed by atoms with Crippen molar-refractivity contribution in [2.24, 2.45) is 0 Å². The first-order chi connectivity index (χ1) is 47.6. The normalized spacial score (nSPS) is 11.7. The molecule has 0 unspecified atom stereocenters. The molecule has 0 atom stereocenters. The number of hydrogen-bond donors (Lipinski definition) is 0. The van der Waals surface area contributed by atoms with Crippen LogP contribution in [0.3, 0.4) is 0 Å². The maximum absolute atomic E-state index is 10.0. The van der Waals surface area contributed by atoms with Gasteiger partial charge in [-0.15, -0.1) is 0 Å². The molecule has 0 aliphatic carbocycles. The van der Waals surface area contributed by atoms with E-state index in [1.807, 2.05) is 0 Å². The van der Waals surface area contributed by atoms with Crippen LogP contribution in [0.25, 0.3) is 187 Å². The highest BCUT2D eigenvalue weighted by Crippen LogP contribution is 2.55. The summed E-state index contributed by atoms with van der Waals surface area (Å²) in [7, 11) is 0. The van der Waals surface area contributed by atoms with Gasteiger partial charge in [0.2, 0.25) is 0 Å². The molecule has 0 spiro atoms. The molecule has 19 rings (SSSR count). The lowest BCUT2D eigenvalue weighted by Gasteiger charge is -2.24. The van der Waals surface area contributed by atoms with Gasteiger partial charge in [0.1, 0.15) is 11.2 Å². The maximum atomic E-state index is 10.0. The van der Waals surface area contributed by atoms with E-state index in [0.717, 1.165) is 165 Å². The number of nitrogens with zero attached hydrogens (tertiary/aromatic N) is 4. The summed E-state index contributed by atoms with van der Waals surface area (Å²) in [5, 5.41) is 8.21. The van der Waals surface area contributed by atoms with E-state index >= 15 is 0 Å². The molecular weight excluding hydrogens is 1170 g/mol. The van der Waals surface area contributed by atoms with Crippen LogP contribution in [0.15, 0.2) is 344 Å². The zero-order valence-electron chi connectivity index (χ0n) is 52.0. The van der Waals surface area contributed by atoms with E-state index in [2.05, 4.69) is 353 Å². The van der Waals surface area contributed by atoms with E-state index in [1.54, 1.807) is 0 Å². The Morgan fingerprint density at radius 3 is 0.781 bits per heavy atom. The third kappa shape index (κ3) is 8.63. The first-order valence-corrected chi connectivity index (χ1v) is 32.7. The molecule has 0 aliphatic heterocycles. The van der Waals surface area contributed by atoms with Crippen LogP contribution >= 0.6 is 0 Å². The maximum Gasteiger partial charge on any atom is 0.255 e. The van der Waals surface area contributed by atoms with Crippen molar-refractivity contribution in [3.8, 4) is 95.0 Å². The van der Waals surface area contributed by atoms with Gasteiger partial charge in [-0.2, -0.15) is 0 Å². The van der Waals surface area contributed by atoms with Gasteiger partial charge in [-0.05, 0) is 145 Å². The predicted molar refractivity (Wildman–Crippen MR) is 401 cm³/mol. The quantitative estimate of drug-likeness (QED) is 0.126. The van der Waals surface area contributed by atoms with Crippen LogP contribution in [0.1, 0.15) is 0 Å². The van der Waals surface area contributed by atoms with Gasteiger partial charge in [-0.1, -0.05) is 267 Å². The molecule has 0 N–H and O–H groups in total. The first kappa shape index (κ1) is 54.7. The van der Waals surface area contributed by atoms with E-state index in [4.69, 9.17) is 9.26 Å². The monoisotopic (exact) mass is 1220 g/mol. The third-order valence-corrected chi connectivity index (χ3v) is 19.6. The van der Waals surface area contributed by atoms with Crippen molar-refractivity contribution in [3.63, 3.8) is 0 Å². The van der Waals surface area contributed by atoms with Crippen LogP contribution in [0.4, 0.5) is 5.69 Å². The van der Waals surface area contributed by atoms with Gasteiger partial charge in [0.05, 0.1) is 56.7 Å². The molecule has 0 bridgehead atoms. The van der Waals surface area contributed by atoms with Crippen LogP contribution < -0.4 is 0 Å². The average molecular weight is 1220 g/mol. The standard InChI is InChI=1S/C91H56N4O/c1-92-86-88(94-81-48-42-67(60-28-13-4-14-29-60)54-75(81)76-55-68(43-49-82(76)94)61-30-15-5-16-31-61)89(95-83-50-44-69(62-32-17-6-18-33-62)56-77(83)78-57-70(45-51-84(78)95)63-34-19-7-20-35-63)87(85-72-39-23-38-71(90(72)96-91(85)86)64-36-21-8-22-37-64)93-79-46-40-65(58-24-9-2-10-25-58)52-73(79)74-53-66(41-47-80(74)93)59-26-11-3-12-27-59/h2-57H. The van der Waals surface area contributed by atoms with Gasteiger partial charge in [0, 0.05) is 48.7 Å². The number of furan rings is 1. The van der Waals surface area contributed by atoms with E-state index in [0.29, 0.717) is 22.5 Å². The molecular formula is C91H56N4O. The van der Waals surface area contributed by atoms with Crippen molar-refractivity contribution in [2.45, 2.75) is 0 Å². The lowest BCUT2D eigenvalue weighted by molar-refractivity contribution is 0.671. The number of para-hydroxylation sites is 1. The zero-order chi connectivity index (χ0) is 63.4. The highest BCUT2D eigenvalue weighted by molar-refractivity contribution is 6.25. The van der Waals surface area contributed by atoms with Gasteiger partial charge < -0.3 is 18.1 Å². The summed E-state index contributed by atoms with van der Waals surface area (Å²) in [4.78, 5) is 4.88. The number of benzene rings is 15. The van der Waals surface area contributed by atoms with E-state index < -0.39 is 0 Å². The second-order valence-electron chi connectivity index (χ2n) is 25.0. The minimum Gasteiger partial charge on any atom is -0.466 e. The zero-order valence-corrected chi connectivity index (χ0v) is 52.0. The van der Waals surface area contributed by atoms with Gasteiger partial charge in [0.25, 0.3) is 5.69 Å². The smallest absolute Gasteiger partial charge is 0.255 e. The van der Waals surface area contributed by atoms with Gasteiger partial charge >= 0.3 is 0 Å². The number of rotatable bonds is 10. The van der Waals surface area contributed by atoms with Crippen molar-refractivity contribution < 1.29 is 4.42 Å². The molecule has 19 aromatic rings. The minimum atomic E-state index is 0.396. The summed E-state index contributed by atoms with van der Waals surface area (Å²) in [5.41, 5.74) is 25.3. The molecule has 0 aliphatic rings. The molecule has 4 heterocycles. The summed E-state index contributed by atoms with van der Waals surface area (Å²) >= 11 is 0.